The summed E-state index contributed by atoms with van der Waals surface area (Å²) < 4.78 is 15.3. The Bertz CT molecular complexity index is 918. The molecule has 1 aromatic carbocycles. The number of esters is 2. The second kappa shape index (κ2) is 11.0. The lowest BCUT2D eigenvalue weighted by Gasteiger charge is -2.18. The van der Waals surface area contributed by atoms with E-state index in [1.807, 2.05) is 33.8 Å². The van der Waals surface area contributed by atoms with E-state index in [4.69, 9.17) is 14.2 Å². The summed E-state index contributed by atoms with van der Waals surface area (Å²) in [5.41, 5.74) is 3.05. The van der Waals surface area contributed by atoms with Crippen LogP contribution < -0.4 is 10.1 Å². The van der Waals surface area contributed by atoms with Gasteiger partial charge in [0.2, 0.25) is 5.91 Å². The van der Waals surface area contributed by atoms with Crippen molar-refractivity contribution in [2.45, 2.75) is 66.0 Å². The summed E-state index contributed by atoms with van der Waals surface area (Å²) in [5, 5.41) is 13.4. The molecule has 0 saturated carbocycles. The van der Waals surface area contributed by atoms with Crippen LogP contribution in [0.4, 0.5) is 0 Å². The van der Waals surface area contributed by atoms with Crippen LogP contribution in [0.3, 0.4) is 0 Å². The fraction of sp³-hybridized carbons (Fsp3) is 0.542. The van der Waals surface area contributed by atoms with Crippen LogP contribution in [-0.2, 0) is 32.1 Å². The normalized spacial score (nSPS) is 14.1. The standard InChI is InChI=1S/C24H33NO7/c1-13(2)11-18(23(28)31-6)25-19(26)10-8-14(3)7-9-16-21(27)20-17(12-32-24(20)29)15(4)22(16)30-5/h7,13,18,27H,8-12H2,1-6H3,(H,25,26). The quantitative estimate of drug-likeness (QED) is 0.418. The third kappa shape index (κ3) is 5.81. The molecule has 0 aromatic heterocycles. The fourth-order valence-electron chi connectivity index (χ4n) is 3.81. The van der Waals surface area contributed by atoms with E-state index < -0.39 is 18.0 Å². The molecule has 1 atom stereocenters. The monoisotopic (exact) mass is 447 g/mol. The van der Waals surface area contributed by atoms with E-state index in [-0.39, 0.29) is 36.2 Å². The Morgan fingerprint density at radius 2 is 1.94 bits per heavy atom. The summed E-state index contributed by atoms with van der Waals surface area (Å²) in [6.07, 6.45) is 3.43. The van der Waals surface area contributed by atoms with E-state index in [0.29, 0.717) is 36.1 Å². The molecule has 2 rings (SSSR count). The first-order chi connectivity index (χ1) is 15.1. The number of phenols is 1. The molecule has 1 amide bonds. The Labute approximate surface area is 188 Å². The number of carbonyl (C=O) groups excluding carboxylic acids is 3. The molecule has 0 aliphatic carbocycles. The number of cyclic esters (lactones) is 1. The van der Waals surface area contributed by atoms with Gasteiger partial charge < -0.3 is 24.6 Å². The van der Waals surface area contributed by atoms with Gasteiger partial charge in [-0.3, -0.25) is 4.79 Å². The minimum absolute atomic E-state index is 0.123. The molecular formula is C24H33NO7. The number of aromatic hydroxyl groups is 1. The highest BCUT2D eigenvalue weighted by molar-refractivity contribution is 5.98. The summed E-state index contributed by atoms with van der Waals surface area (Å²) in [5.74, 6) is -0.588. The minimum Gasteiger partial charge on any atom is -0.507 e. The van der Waals surface area contributed by atoms with Crippen molar-refractivity contribution in [1.29, 1.82) is 0 Å². The Kier molecular flexibility index (Phi) is 8.69. The first-order valence-electron chi connectivity index (χ1n) is 10.7. The number of phenolic OH excluding ortho intramolecular Hbond substituents is 1. The molecule has 32 heavy (non-hydrogen) atoms. The molecule has 1 aliphatic rings. The predicted octanol–water partition coefficient (Wildman–Crippen LogP) is 3.35. The molecule has 1 aromatic rings. The summed E-state index contributed by atoms with van der Waals surface area (Å²) in [7, 11) is 2.82. The van der Waals surface area contributed by atoms with Crippen LogP contribution in [0.1, 0.15) is 67.1 Å². The van der Waals surface area contributed by atoms with Crippen LogP contribution in [-0.4, -0.2) is 43.2 Å². The lowest BCUT2D eigenvalue weighted by atomic mass is 9.94. The van der Waals surface area contributed by atoms with E-state index in [1.54, 1.807) is 0 Å². The van der Waals surface area contributed by atoms with Gasteiger partial charge in [-0.2, -0.15) is 0 Å². The lowest BCUT2D eigenvalue weighted by molar-refractivity contribution is -0.145. The molecule has 0 radical (unpaired) electrons. The van der Waals surface area contributed by atoms with Crippen LogP contribution in [0.5, 0.6) is 11.5 Å². The first-order valence-corrected chi connectivity index (χ1v) is 10.7. The highest BCUT2D eigenvalue weighted by atomic mass is 16.5. The number of hydrogen-bond donors (Lipinski definition) is 2. The zero-order valence-electron chi connectivity index (χ0n) is 19.7. The minimum atomic E-state index is -0.660. The molecule has 0 bridgehead atoms. The van der Waals surface area contributed by atoms with E-state index in [2.05, 4.69) is 5.32 Å². The van der Waals surface area contributed by atoms with Gasteiger partial charge in [-0.15, -0.1) is 0 Å². The number of rotatable bonds is 10. The van der Waals surface area contributed by atoms with Crippen LogP contribution >= 0.6 is 0 Å². The molecule has 1 aliphatic heterocycles. The van der Waals surface area contributed by atoms with Crippen molar-refractivity contribution >= 4 is 17.8 Å². The number of nitrogens with one attached hydrogen (secondary N) is 1. The summed E-state index contributed by atoms with van der Waals surface area (Å²) >= 11 is 0. The van der Waals surface area contributed by atoms with Crippen molar-refractivity contribution < 1.29 is 33.7 Å². The molecule has 2 N–H and O–H groups in total. The number of carbonyl (C=O) groups is 3. The molecule has 0 fully saturated rings. The second-order valence-corrected chi connectivity index (χ2v) is 8.44. The topological polar surface area (TPSA) is 111 Å². The Hall–Kier alpha value is -3.03. The third-order valence-electron chi connectivity index (χ3n) is 5.58. The van der Waals surface area contributed by atoms with Crippen LogP contribution in [0, 0.1) is 12.8 Å². The third-order valence-corrected chi connectivity index (χ3v) is 5.58. The molecule has 8 nitrogen and oxygen atoms in total. The molecular weight excluding hydrogens is 414 g/mol. The maximum absolute atomic E-state index is 12.3. The van der Waals surface area contributed by atoms with Crippen LogP contribution in [0.25, 0.3) is 0 Å². The smallest absolute Gasteiger partial charge is 0.342 e. The van der Waals surface area contributed by atoms with Gasteiger partial charge in [0.1, 0.15) is 29.7 Å². The van der Waals surface area contributed by atoms with Crippen molar-refractivity contribution in [3.8, 4) is 11.5 Å². The van der Waals surface area contributed by atoms with Crippen molar-refractivity contribution in [1.82, 2.24) is 5.32 Å². The van der Waals surface area contributed by atoms with Crippen molar-refractivity contribution in [2.75, 3.05) is 14.2 Å². The number of amides is 1. The van der Waals surface area contributed by atoms with Gasteiger partial charge >= 0.3 is 11.9 Å². The number of hydrogen-bond acceptors (Lipinski definition) is 7. The first kappa shape index (κ1) is 25.2. The largest absolute Gasteiger partial charge is 0.507 e. The predicted molar refractivity (Wildman–Crippen MR) is 119 cm³/mol. The zero-order valence-corrected chi connectivity index (χ0v) is 19.7. The Morgan fingerprint density at radius 3 is 2.53 bits per heavy atom. The average Bonchev–Trinajstić information content (AvgIpc) is 3.14. The van der Waals surface area contributed by atoms with E-state index in [0.717, 1.165) is 11.1 Å². The van der Waals surface area contributed by atoms with Gasteiger partial charge in [-0.1, -0.05) is 25.5 Å². The molecule has 8 heteroatoms. The summed E-state index contributed by atoms with van der Waals surface area (Å²) in [4.78, 5) is 36.2. The van der Waals surface area contributed by atoms with Crippen LogP contribution in [0.15, 0.2) is 11.6 Å². The van der Waals surface area contributed by atoms with Gasteiger partial charge in [0.25, 0.3) is 0 Å². The number of methoxy groups -OCH3 is 2. The van der Waals surface area contributed by atoms with Gasteiger partial charge in [0.05, 0.1) is 14.2 Å². The van der Waals surface area contributed by atoms with Crippen molar-refractivity contribution in [3.05, 3.63) is 33.9 Å². The zero-order chi connectivity index (χ0) is 24.0. The van der Waals surface area contributed by atoms with Gasteiger partial charge in [0.15, 0.2) is 0 Å². The SMILES string of the molecule is COC(=O)C(CC(C)C)NC(=O)CCC(C)=CCc1c(O)c2c(c(C)c1OC)COC2=O. The van der Waals surface area contributed by atoms with E-state index >= 15 is 0 Å². The average molecular weight is 448 g/mol. The van der Waals surface area contributed by atoms with Crippen LogP contribution in [0.2, 0.25) is 0 Å². The van der Waals surface area contributed by atoms with Crippen molar-refractivity contribution in [3.63, 3.8) is 0 Å². The molecule has 176 valence electrons. The molecule has 0 spiro atoms. The lowest BCUT2D eigenvalue weighted by Crippen LogP contribution is -2.42. The Balaban J connectivity index is 2.07. The molecule has 1 heterocycles. The highest BCUT2D eigenvalue weighted by Crippen LogP contribution is 2.42. The van der Waals surface area contributed by atoms with Crippen molar-refractivity contribution in [2.24, 2.45) is 5.92 Å². The molecule has 1 unspecified atom stereocenters. The number of fused-ring (bicyclic) bond motifs is 1. The Morgan fingerprint density at radius 1 is 1.25 bits per heavy atom. The molecule has 0 saturated heterocycles. The fourth-order valence-corrected chi connectivity index (χ4v) is 3.81. The van der Waals surface area contributed by atoms with E-state index in [9.17, 15) is 19.5 Å². The van der Waals surface area contributed by atoms with E-state index in [1.165, 1.54) is 14.2 Å². The van der Waals surface area contributed by atoms with Gasteiger partial charge in [-0.05, 0) is 44.6 Å². The van der Waals surface area contributed by atoms with Gasteiger partial charge in [-0.25, -0.2) is 9.59 Å². The number of allylic oxidation sites excluding steroid dienone is 2. The maximum Gasteiger partial charge on any atom is 0.342 e. The number of benzene rings is 1. The summed E-state index contributed by atoms with van der Waals surface area (Å²) in [6, 6.07) is -0.660. The maximum atomic E-state index is 12.3. The second-order valence-electron chi connectivity index (χ2n) is 8.44. The summed E-state index contributed by atoms with van der Waals surface area (Å²) in [6.45, 7) is 7.78. The number of ether oxygens (including phenoxy) is 3. The van der Waals surface area contributed by atoms with Gasteiger partial charge in [0, 0.05) is 17.5 Å². The highest BCUT2D eigenvalue weighted by Gasteiger charge is 2.31.